The van der Waals surface area contributed by atoms with E-state index in [1.165, 1.54) is 4.31 Å². The summed E-state index contributed by atoms with van der Waals surface area (Å²) in [7, 11) is -3.69. The minimum atomic E-state index is -3.69. The van der Waals surface area contributed by atoms with Gasteiger partial charge in [0.25, 0.3) is 0 Å². The summed E-state index contributed by atoms with van der Waals surface area (Å²) in [5.74, 6) is -0.363. The van der Waals surface area contributed by atoms with Gasteiger partial charge < -0.3 is 5.32 Å². The SMILES string of the molecule is CCCNC(=O)[C@@H]1CCCN(S(=O)(=O)c2cccc3nsnc23)C1. The van der Waals surface area contributed by atoms with Crippen LogP contribution in [0.1, 0.15) is 26.2 Å². The summed E-state index contributed by atoms with van der Waals surface area (Å²) in [5, 5.41) is 2.86. The number of carbonyl (C=O) groups is 1. The number of nitrogens with zero attached hydrogens (tertiary/aromatic N) is 3. The van der Waals surface area contributed by atoms with Crippen LogP contribution in [0, 0.1) is 5.92 Å². The molecule has 3 rings (SSSR count). The molecule has 1 N–H and O–H groups in total. The summed E-state index contributed by atoms with van der Waals surface area (Å²) < 4.78 is 35.6. The molecule has 1 aliphatic rings. The fourth-order valence-electron chi connectivity index (χ4n) is 2.90. The number of nitrogens with one attached hydrogen (secondary N) is 1. The molecule has 1 atom stereocenters. The van der Waals surface area contributed by atoms with Gasteiger partial charge in [-0.3, -0.25) is 4.79 Å². The standard InChI is InChI=1S/C15H20N4O3S2/c1-2-8-16-15(20)11-5-4-9-19(10-11)24(21,22)13-7-3-6-12-14(13)18-23-17-12/h3,6-7,11H,2,4-5,8-10H2,1H3,(H,16,20)/t11-/m1/s1. The molecule has 7 nitrogen and oxygen atoms in total. The molecule has 1 aliphatic heterocycles. The van der Waals surface area contributed by atoms with Crippen molar-refractivity contribution in [2.24, 2.45) is 5.92 Å². The predicted octanol–water partition coefficient (Wildman–Crippen LogP) is 1.62. The third kappa shape index (κ3) is 3.28. The van der Waals surface area contributed by atoms with Crippen molar-refractivity contribution in [2.45, 2.75) is 31.1 Å². The molecule has 1 fully saturated rings. The third-order valence-corrected chi connectivity index (χ3v) is 6.61. The van der Waals surface area contributed by atoms with Gasteiger partial charge in [0.15, 0.2) is 0 Å². The lowest BCUT2D eigenvalue weighted by molar-refractivity contribution is -0.126. The molecule has 2 heterocycles. The number of hydrogen-bond acceptors (Lipinski definition) is 6. The normalized spacial score (nSPS) is 19.5. The van der Waals surface area contributed by atoms with Crippen LogP contribution in [0.25, 0.3) is 11.0 Å². The zero-order valence-corrected chi connectivity index (χ0v) is 15.1. The van der Waals surface area contributed by atoms with Gasteiger partial charge in [-0.25, -0.2) is 8.42 Å². The zero-order valence-electron chi connectivity index (χ0n) is 13.4. The summed E-state index contributed by atoms with van der Waals surface area (Å²) in [6.07, 6.45) is 2.25. The molecule has 9 heteroatoms. The number of piperidine rings is 1. The van der Waals surface area contributed by atoms with Crippen LogP contribution in [-0.2, 0) is 14.8 Å². The Morgan fingerprint density at radius 2 is 2.25 bits per heavy atom. The van der Waals surface area contributed by atoms with Gasteiger partial charge in [0.05, 0.1) is 17.6 Å². The Kier molecular flexibility index (Phi) is 5.12. The largest absolute Gasteiger partial charge is 0.356 e. The second-order valence-corrected chi connectivity index (χ2v) is 8.32. The number of sulfonamides is 1. The van der Waals surface area contributed by atoms with Crippen LogP contribution in [0.2, 0.25) is 0 Å². The van der Waals surface area contributed by atoms with E-state index in [1.807, 2.05) is 6.92 Å². The molecule has 1 aromatic heterocycles. The monoisotopic (exact) mass is 368 g/mol. The van der Waals surface area contributed by atoms with Crippen molar-refractivity contribution in [3.63, 3.8) is 0 Å². The van der Waals surface area contributed by atoms with Crippen LogP contribution in [0.15, 0.2) is 23.1 Å². The molecular weight excluding hydrogens is 348 g/mol. The molecule has 130 valence electrons. The number of carbonyl (C=O) groups excluding carboxylic acids is 1. The molecule has 0 aliphatic carbocycles. The lowest BCUT2D eigenvalue weighted by Gasteiger charge is -2.31. The average molecular weight is 368 g/mol. The molecule has 0 saturated carbocycles. The number of rotatable bonds is 5. The highest BCUT2D eigenvalue weighted by atomic mass is 32.2. The first kappa shape index (κ1) is 17.2. The first-order chi connectivity index (χ1) is 11.5. The minimum absolute atomic E-state index is 0.0646. The first-order valence-electron chi connectivity index (χ1n) is 8.03. The van der Waals surface area contributed by atoms with E-state index < -0.39 is 10.0 Å². The van der Waals surface area contributed by atoms with E-state index >= 15 is 0 Å². The number of aromatic nitrogens is 2. The van der Waals surface area contributed by atoms with Gasteiger partial charge in [-0.2, -0.15) is 13.1 Å². The summed E-state index contributed by atoms with van der Waals surface area (Å²) in [5.41, 5.74) is 0.982. The van der Waals surface area contributed by atoms with Crippen molar-refractivity contribution in [2.75, 3.05) is 19.6 Å². The Bertz CT molecular complexity index is 834. The Balaban J connectivity index is 1.84. The molecule has 1 amide bonds. The first-order valence-corrected chi connectivity index (χ1v) is 10.2. The van der Waals surface area contributed by atoms with Gasteiger partial charge in [0, 0.05) is 19.6 Å². The van der Waals surface area contributed by atoms with Crippen molar-refractivity contribution in [3.8, 4) is 0 Å². The van der Waals surface area contributed by atoms with Gasteiger partial charge in [-0.15, -0.1) is 0 Å². The highest BCUT2D eigenvalue weighted by Gasteiger charge is 2.34. The van der Waals surface area contributed by atoms with E-state index in [-0.39, 0.29) is 23.3 Å². The molecule has 2 aromatic rings. The molecule has 0 bridgehead atoms. The van der Waals surface area contributed by atoms with Gasteiger partial charge >= 0.3 is 0 Å². The third-order valence-electron chi connectivity index (χ3n) is 4.17. The molecule has 0 spiro atoms. The second-order valence-electron chi connectivity index (χ2n) is 5.88. The number of fused-ring (bicyclic) bond motifs is 1. The van der Waals surface area contributed by atoms with Gasteiger partial charge in [0.1, 0.15) is 15.9 Å². The van der Waals surface area contributed by atoms with E-state index in [2.05, 4.69) is 14.1 Å². The number of benzene rings is 1. The van der Waals surface area contributed by atoms with Crippen molar-refractivity contribution >= 4 is 38.7 Å². The van der Waals surface area contributed by atoms with E-state index in [9.17, 15) is 13.2 Å². The molecule has 0 unspecified atom stereocenters. The average Bonchev–Trinajstić information content (AvgIpc) is 3.08. The molecule has 0 radical (unpaired) electrons. The maximum atomic E-state index is 13.0. The van der Waals surface area contributed by atoms with Gasteiger partial charge in [-0.1, -0.05) is 13.0 Å². The molecule has 1 aromatic carbocycles. The van der Waals surface area contributed by atoms with Gasteiger partial charge in [-0.05, 0) is 31.4 Å². The van der Waals surface area contributed by atoms with E-state index in [1.54, 1.807) is 18.2 Å². The van der Waals surface area contributed by atoms with Crippen LogP contribution in [0.3, 0.4) is 0 Å². The predicted molar refractivity (Wildman–Crippen MR) is 92.2 cm³/mol. The van der Waals surface area contributed by atoms with Crippen molar-refractivity contribution in [1.29, 1.82) is 0 Å². The quantitative estimate of drug-likeness (QED) is 0.866. The highest BCUT2D eigenvalue weighted by molar-refractivity contribution is 7.89. The van der Waals surface area contributed by atoms with Crippen LogP contribution < -0.4 is 5.32 Å². The highest BCUT2D eigenvalue weighted by Crippen LogP contribution is 2.28. The number of hydrogen-bond donors (Lipinski definition) is 1. The Labute approximate surface area is 145 Å². The fourth-order valence-corrected chi connectivity index (χ4v) is 5.17. The molecule has 1 saturated heterocycles. The van der Waals surface area contributed by atoms with Crippen LogP contribution in [0.4, 0.5) is 0 Å². The van der Waals surface area contributed by atoms with Crippen LogP contribution in [-0.4, -0.2) is 47.0 Å². The summed E-state index contributed by atoms with van der Waals surface area (Å²) >= 11 is 0.997. The van der Waals surface area contributed by atoms with Crippen molar-refractivity contribution in [3.05, 3.63) is 18.2 Å². The van der Waals surface area contributed by atoms with Crippen molar-refractivity contribution in [1.82, 2.24) is 18.4 Å². The van der Waals surface area contributed by atoms with E-state index in [0.717, 1.165) is 18.1 Å². The Hall–Kier alpha value is -1.58. The minimum Gasteiger partial charge on any atom is -0.356 e. The fraction of sp³-hybridized carbons (Fsp3) is 0.533. The van der Waals surface area contributed by atoms with E-state index in [0.29, 0.717) is 37.0 Å². The van der Waals surface area contributed by atoms with Crippen LogP contribution >= 0.6 is 11.7 Å². The summed E-state index contributed by atoms with van der Waals surface area (Å²) in [6, 6.07) is 4.97. The molecular formula is C15H20N4O3S2. The van der Waals surface area contributed by atoms with Gasteiger partial charge in [0.2, 0.25) is 15.9 Å². The smallest absolute Gasteiger partial charge is 0.245 e. The Morgan fingerprint density at radius 1 is 1.42 bits per heavy atom. The van der Waals surface area contributed by atoms with E-state index in [4.69, 9.17) is 0 Å². The number of amides is 1. The topological polar surface area (TPSA) is 92.3 Å². The summed E-state index contributed by atoms with van der Waals surface area (Å²) in [6.45, 7) is 3.24. The molecule has 24 heavy (non-hydrogen) atoms. The maximum Gasteiger partial charge on any atom is 0.245 e. The zero-order chi connectivity index (χ0) is 17.2. The Morgan fingerprint density at radius 3 is 3.04 bits per heavy atom. The summed E-state index contributed by atoms with van der Waals surface area (Å²) in [4.78, 5) is 12.4. The lowest BCUT2D eigenvalue weighted by Crippen LogP contribution is -2.45. The van der Waals surface area contributed by atoms with Crippen LogP contribution in [0.5, 0.6) is 0 Å². The second kappa shape index (κ2) is 7.12. The lowest BCUT2D eigenvalue weighted by atomic mass is 9.99. The van der Waals surface area contributed by atoms with Crippen molar-refractivity contribution < 1.29 is 13.2 Å². The maximum absolute atomic E-state index is 13.0.